The van der Waals surface area contributed by atoms with E-state index < -0.39 is 23.9 Å². The zero-order valence-corrected chi connectivity index (χ0v) is 16.9. The number of carbonyl (C=O) groups excluding carboxylic acids is 1. The second-order valence-corrected chi connectivity index (χ2v) is 7.79. The Morgan fingerprint density at radius 1 is 1.06 bits per heavy atom. The lowest BCUT2D eigenvalue weighted by Crippen LogP contribution is -2.52. The molecule has 1 aromatic carbocycles. The lowest BCUT2D eigenvalue weighted by atomic mass is 9.92. The van der Waals surface area contributed by atoms with E-state index in [0.717, 1.165) is 12.3 Å². The third kappa shape index (κ3) is 5.03. The summed E-state index contributed by atoms with van der Waals surface area (Å²) >= 11 is 0. The Morgan fingerprint density at radius 3 is 2.35 bits per heavy atom. The highest BCUT2D eigenvalue weighted by molar-refractivity contribution is 5.82. The Hall–Kier alpha value is -2.97. The third-order valence-electron chi connectivity index (χ3n) is 5.47. The molecule has 9 heteroatoms. The number of halogens is 3. The van der Waals surface area contributed by atoms with Crippen LogP contribution in [0.4, 0.5) is 13.2 Å². The topological polar surface area (TPSA) is 69.7 Å². The van der Waals surface area contributed by atoms with Gasteiger partial charge in [0, 0.05) is 18.3 Å². The Morgan fingerprint density at radius 2 is 1.74 bits per heavy atom. The van der Waals surface area contributed by atoms with Crippen LogP contribution in [-0.4, -0.2) is 35.2 Å². The van der Waals surface area contributed by atoms with Crippen molar-refractivity contribution >= 4 is 5.91 Å². The van der Waals surface area contributed by atoms with E-state index in [0.29, 0.717) is 37.2 Å². The highest BCUT2D eigenvalue weighted by Crippen LogP contribution is 2.34. The van der Waals surface area contributed by atoms with Gasteiger partial charge in [0.05, 0.1) is 5.56 Å². The average molecular weight is 436 g/mol. The van der Waals surface area contributed by atoms with Gasteiger partial charge in [0.2, 0.25) is 12.0 Å². The van der Waals surface area contributed by atoms with Crippen molar-refractivity contribution in [1.29, 1.82) is 0 Å². The van der Waals surface area contributed by atoms with Gasteiger partial charge in [0.1, 0.15) is 12.2 Å². The van der Waals surface area contributed by atoms with E-state index in [-0.39, 0.29) is 23.9 Å². The minimum absolute atomic E-state index is 0.0270. The van der Waals surface area contributed by atoms with Crippen molar-refractivity contribution < 1.29 is 32.2 Å². The van der Waals surface area contributed by atoms with E-state index in [4.69, 9.17) is 14.2 Å². The molecule has 1 amide bonds. The van der Waals surface area contributed by atoms with Gasteiger partial charge in [-0.3, -0.25) is 4.79 Å². The predicted octanol–water partition coefficient (Wildman–Crippen LogP) is 4.14. The van der Waals surface area contributed by atoms with Crippen molar-refractivity contribution in [3.8, 4) is 17.4 Å². The zero-order valence-electron chi connectivity index (χ0n) is 16.9. The van der Waals surface area contributed by atoms with Gasteiger partial charge in [-0.15, -0.1) is 0 Å². The molecule has 0 spiro atoms. The molecule has 6 nitrogen and oxygen atoms in total. The van der Waals surface area contributed by atoms with Crippen molar-refractivity contribution in [2.24, 2.45) is 0 Å². The molecule has 0 saturated heterocycles. The molecule has 2 atom stereocenters. The molecule has 2 unspecified atom stereocenters. The molecule has 1 aliphatic heterocycles. The number of alkyl halides is 3. The summed E-state index contributed by atoms with van der Waals surface area (Å²) in [7, 11) is 0. The molecule has 1 aliphatic carbocycles. The smallest absolute Gasteiger partial charge is 0.417 e. The molecular formula is C22H23F3N2O4. The highest BCUT2D eigenvalue weighted by Gasteiger charge is 2.36. The molecule has 0 bridgehead atoms. The van der Waals surface area contributed by atoms with E-state index in [1.54, 1.807) is 19.1 Å². The van der Waals surface area contributed by atoms with Gasteiger partial charge in [-0.05, 0) is 50.8 Å². The first-order valence-corrected chi connectivity index (χ1v) is 10.2. The predicted molar refractivity (Wildman–Crippen MR) is 105 cm³/mol. The minimum Gasteiger partial charge on any atom is -0.482 e. The molecule has 2 aliphatic rings. The maximum absolute atomic E-state index is 12.7. The fourth-order valence-electron chi connectivity index (χ4n) is 3.80. The number of benzene rings is 1. The van der Waals surface area contributed by atoms with Crippen LogP contribution in [0, 0.1) is 0 Å². The van der Waals surface area contributed by atoms with Crippen LogP contribution in [0.2, 0.25) is 0 Å². The quantitative estimate of drug-likeness (QED) is 0.781. The van der Waals surface area contributed by atoms with Gasteiger partial charge in [0.15, 0.2) is 11.5 Å². The van der Waals surface area contributed by atoms with Crippen LogP contribution < -0.4 is 19.5 Å². The number of hydrogen-bond acceptors (Lipinski definition) is 5. The number of amides is 1. The summed E-state index contributed by atoms with van der Waals surface area (Å²) in [5.41, 5.74) is -0.808. The Balaban J connectivity index is 1.26. The molecule has 1 fully saturated rings. The van der Waals surface area contributed by atoms with E-state index in [9.17, 15) is 18.0 Å². The summed E-state index contributed by atoms with van der Waals surface area (Å²) in [6.45, 7) is 1.79. The summed E-state index contributed by atoms with van der Waals surface area (Å²) in [6.07, 6.45) is -2.26. The van der Waals surface area contributed by atoms with Gasteiger partial charge in [-0.2, -0.15) is 13.2 Å². The molecule has 31 heavy (non-hydrogen) atoms. The molecule has 1 aromatic heterocycles. The second kappa shape index (κ2) is 8.64. The molecule has 2 heterocycles. The molecule has 1 N–H and O–H groups in total. The Bertz CT molecular complexity index is 912. The van der Waals surface area contributed by atoms with Crippen molar-refractivity contribution in [1.82, 2.24) is 10.3 Å². The first-order valence-electron chi connectivity index (χ1n) is 10.2. The van der Waals surface area contributed by atoms with Gasteiger partial charge >= 0.3 is 6.18 Å². The summed E-state index contributed by atoms with van der Waals surface area (Å²) in [5, 5.41) is 3.02. The molecular weight excluding hydrogens is 413 g/mol. The van der Waals surface area contributed by atoms with Crippen LogP contribution in [0.3, 0.4) is 0 Å². The number of nitrogens with one attached hydrogen (secondary N) is 1. The summed E-state index contributed by atoms with van der Waals surface area (Å²) in [4.78, 5) is 16.5. The van der Waals surface area contributed by atoms with E-state index in [1.165, 1.54) is 6.07 Å². The Kier molecular flexibility index (Phi) is 5.93. The van der Waals surface area contributed by atoms with E-state index >= 15 is 0 Å². The Labute approximate surface area is 177 Å². The normalized spacial score (nSPS) is 25.5. The van der Waals surface area contributed by atoms with Gasteiger partial charge in [-0.25, -0.2) is 4.98 Å². The van der Waals surface area contributed by atoms with Crippen LogP contribution in [0.25, 0.3) is 0 Å². The monoisotopic (exact) mass is 436 g/mol. The van der Waals surface area contributed by atoms with E-state index in [2.05, 4.69) is 10.3 Å². The lowest BCUT2D eigenvalue weighted by molar-refractivity contribution is -0.138. The number of pyridine rings is 1. The molecule has 1 saturated carbocycles. The summed E-state index contributed by atoms with van der Waals surface area (Å²) in [6, 6.07) is 9.39. The lowest BCUT2D eigenvalue weighted by Gasteiger charge is -2.34. The maximum Gasteiger partial charge on any atom is 0.417 e. The summed E-state index contributed by atoms with van der Waals surface area (Å²) in [5.74, 6) is 1.10. The van der Waals surface area contributed by atoms with Crippen LogP contribution in [-0.2, 0) is 11.0 Å². The van der Waals surface area contributed by atoms with Gasteiger partial charge in [-0.1, -0.05) is 12.1 Å². The van der Waals surface area contributed by atoms with Crippen molar-refractivity contribution in [2.75, 3.05) is 0 Å². The number of fused-ring (bicyclic) bond motifs is 1. The standard InChI is InChI=1S/C22H23F3N2O4/c1-13-20(31-18-5-3-2-4-17(18)29-13)21(28)27-15-7-9-16(10-8-15)30-19-11-6-14(12-26-19)22(23,24)25/h2-6,11-13,15-16,20H,7-10H2,1H3,(H,27,28). The van der Waals surface area contributed by atoms with Crippen molar-refractivity contribution in [3.05, 3.63) is 48.2 Å². The van der Waals surface area contributed by atoms with E-state index in [1.807, 2.05) is 12.1 Å². The van der Waals surface area contributed by atoms with Crippen molar-refractivity contribution in [2.45, 2.75) is 63.1 Å². The number of nitrogens with zero attached hydrogens (tertiary/aromatic N) is 1. The number of rotatable bonds is 4. The molecule has 0 radical (unpaired) electrons. The number of ether oxygens (including phenoxy) is 3. The number of aromatic nitrogens is 1. The third-order valence-corrected chi connectivity index (χ3v) is 5.47. The highest BCUT2D eigenvalue weighted by atomic mass is 19.4. The largest absolute Gasteiger partial charge is 0.482 e. The number of carbonyl (C=O) groups is 1. The number of para-hydroxylation sites is 2. The summed E-state index contributed by atoms with van der Waals surface area (Å²) < 4.78 is 55.2. The van der Waals surface area contributed by atoms with Crippen LogP contribution >= 0.6 is 0 Å². The van der Waals surface area contributed by atoms with Gasteiger partial charge < -0.3 is 19.5 Å². The first kappa shape index (κ1) is 21.3. The van der Waals surface area contributed by atoms with Crippen LogP contribution in [0.5, 0.6) is 17.4 Å². The maximum atomic E-state index is 12.7. The molecule has 4 rings (SSSR count). The van der Waals surface area contributed by atoms with Crippen LogP contribution in [0.15, 0.2) is 42.6 Å². The fourth-order valence-corrected chi connectivity index (χ4v) is 3.80. The minimum atomic E-state index is -4.42. The molecule has 166 valence electrons. The first-order chi connectivity index (χ1) is 14.8. The van der Waals surface area contributed by atoms with Crippen LogP contribution in [0.1, 0.15) is 38.2 Å². The number of hydrogen-bond donors (Lipinski definition) is 1. The molecule has 2 aromatic rings. The fraction of sp³-hybridized carbons (Fsp3) is 0.455. The van der Waals surface area contributed by atoms with Gasteiger partial charge in [0.25, 0.3) is 5.91 Å². The second-order valence-electron chi connectivity index (χ2n) is 7.79. The zero-order chi connectivity index (χ0) is 22.0. The van der Waals surface area contributed by atoms with Crippen molar-refractivity contribution in [3.63, 3.8) is 0 Å². The SMILES string of the molecule is CC1Oc2ccccc2OC1C(=O)NC1CCC(Oc2ccc(C(F)(F)F)cn2)CC1. The average Bonchev–Trinajstić information content (AvgIpc) is 2.74.